The highest BCUT2D eigenvalue weighted by Crippen LogP contribution is 2.39. The molecule has 26 heavy (non-hydrogen) atoms. The van der Waals surface area contributed by atoms with Gasteiger partial charge in [-0.15, -0.1) is 11.3 Å². The second-order valence-electron chi connectivity index (χ2n) is 8.75. The monoisotopic (exact) mass is 378 g/mol. The van der Waals surface area contributed by atoms with E-state index in [0.29, 0.717) is 12.3 Å². The molecule has 5 heteroatoms. The molecule has 1 amide bonds. The number of hydrogen-bond donors (Lipinski definition) is 2. The molecule has 1 aliphatic carbocycles. The van der Waals surface area contributed by atoms with Gasteiger partial charge in [0.15, 0.2) is 0 Å². The van der Waals surface area contributed by atoms with Gasteiger partial charge in [-0.1, -0.05) is 32.8 Å². The van der Waals surface area contributed by atoms with Gasteiger partial charge in [0.1, 0.15) is 0 Å². The molecule has 1 aromatic rings. The predicted octanol–water partition coefficient (Wildman–Crippen LogP) is 3.97. The molecule has 4 nitrogen and oxygen atoms in total. The van der Waals surface area contributed by atoms with Gasteiger partial charge < -0.3 is 10.4 Å². The molecule has 2 N–H and O–H groups in total. The number of hydrogen-bond acceptors (Lipinski definition) is 4. The van der Waals surface area contributed by atoms with Crippen LogP contribution in [-0.4, -0.2) is 40.6 Å². The van der Waals surface area contributed by atoms with E-state index in [1.54, 1.807) is 11.3 Å². The lowest BCUT2D eigenvalue weighted by Gasteiger charge is -2.49. The topological polar surface area (TPSA) is 52.6 Å². The minimum Gasteiger partial charge on any atom is -0.388 e. The van der Waals surface area contributed by atoms with Crippen LogP contribution in [0.3, 0.4) is 0 Å². The summed E-state index contributed by atoms with van der Waals surface area (Å²) in [5.74, 6) is 0.911. The lowest BCUT2D eigenvalue weighted by molar-refractivity contribution is -0.132. The standard InChI is InChI=1S/C21H34N2O2S/c1-15(2)10-12-23-13-11-21(3,25)19(18(23)17-9-6-14-26-17)22-20(24)16-7-4-5-8-16/h6,9,14-16,18-19,25H,4-5,7-8,10-13H2,1-3H3,(H,22,24). The number of nitrogens with zero attached hydrogens (tertiary/aromatic N) is 1. The van der Waals surface area contributed by atoms with Crippen LogP contribution in [0.1, 0.15) is 70.2 Å². The van der Waals surface area contributed by atoms with E-state index in [0.717, 1.165) is 45.2 Å². The van der Waals surface area contributed by atoms with Crippen LogP contribution in [0.15, 0.2) is 17.5 Å². The predicted molar refractivity (Wildman–Crippen MR) is 107 cm³/mol. The van der Waals surface area contributed by atoms with E-state index in [1.807, 2.05) is 6.92 Å². The Morgan fingerprint density at radius 1 is 1.42 bits per heavy atom. The zero-order valence-electron chi connectivity index (χ0n) is 16.4. The number of aliphatic hydroxyl groups is 1. The average molecular weight is 379 g/mol. The molecule has 2 heterocycles. The van der Waals surface area contributed by atoms with Crippen LogP contribution >= 0.6 is 11.3 Å². The Labute approximate surface area is 162 Å². The largest absolute Gasteiger partial charge is 0.388 e. The van der Waals surface area contributed by atoms with Crippen molar-refractivity contribution in [3.63, 3.8) is 0 Å². The number of likely N-dealkylation sites (tertiary alicyclic amines) is 1. The van der Waals surface area contributed by atoms with Gasteiger partial charge in [-0.3, -0.25) is 9.69 Å². The van der Waals surface area contributed by atoms with Crippen LogP contribution < -0.4 is 5.32 Å². The first-order valence-electron chi connectivity index (χ1n) is 10.2. The molecule has 3 rings (SSSR count). The lowest BCUT2D eigenvalue weighted by atomic mass is 9.81. The average Bonchev–Trinajstić information content (AvgIpc) is 3.28. The highest BCUT2D eigenvalue weighted by atomic mass is 32.1. The Balaban J connectivity index is 1.83. The molecule has 146 valence electrons. The highest BCUT2D eigenvalue weighted by molar-refractivity contribution is 7.10. The first kappa shape index (κ1) is 19.8. The Morgan fingerprint density at radius 2 is 2.15 bits per heavy atom. The van der Waals surface area contributed by atoms with E-state index in [9.17, 15) is 9.90 Å². The molecule has 3 unspecified atom stereocenters. The summed E-state index contributed by atoms with van der Waals surface area (Å²) in [5, 5.41) is 16.5. The summed E-state index contributed by atoms with van der Waals surface area (Å²) in [4.78, 5) is 16.6. The molecule has 3 atom stereocenters. The zero-order chi connectivity index (χ0) is 18.7. The molecule has 1 saturated carbocycles. The molecule has 0 bridgehead atoms. The van der Waals surface area contributed by atoms with Crippen LogP contribution in [0.4, 0.5) is 0 Å². The second kappa shape index (κ2) is 8.41. The Kier molecular flexibility index (Phi) is 6.41. The normalized spacial score (nSPS) is 30.8. The van der Waals surface area contributed by atoms with Gasteiger partial charge in [-0.25, -0.2) is 0 Å². The summed E-state index contributed by atoms with van der Waals surface area (Å²) in [7, 11) is 0. The Bertz CT molecular complexity index is 577. The van der Waals surface area contributed by atoms with Crippen LogP contribution in [0.25, 0.3) is 0 Å². The molecule has 0 radical (unpaired) electrons. The summed E-state index contributed by atoms with van der Waals surface area (Å²) >= 11 is 1.73. The lowest BCUT2D eigenvalue weighted by Crippen LogP contribution is -2.63. The maximum atomic E-state index is 12.9. The summed E-state index contributed by atoms with van der Waals surface area (Å²) < 4.78 is 0. The van der Waals surface area contributed by atoms with E-state index in [-0.39, 0.29) is 23.9 Å². The third-order valence-corrected chi connectivity index (χ3v) is 7.08. The number of rotatable bonds is 6. The van der Waals surface area contributed by atoms with Crippen LogP contribution in [0.5, 0.6) is 0 Å². The minimum absolute atomic E-state index is 0.0582. The second-order valence-corrected chi connectivity index (χ2v) is 9.73. The SMILES string of the molecule is CC(C)CCN1CCC(C)(O)C(NC(=O)C2CCCC2)C1c1cccs1. The first-order chi connectivity index (χ1) is 12.4. The molecular weight excluding hydrogens is 344 g/mol. The van der Waals surface area contributed by atoms with Gasteiger partial charge in [-0.05, 0) is 56.5 Å². The zero-order valence-corrected chi connectivity index (χ0v) is 17.2. The van der Waals surface area contributed by atoms with Crippen molar-refractivity contribution in [2.24, 2.45) is 11.8 Å². The fourth-order valence-electron chi connectivity index (χ4n) is 4.39. The van der Waals surface area contributed by atoms with Crippen LogP contribution in [-0.2, 0) is 4.79 Å². The fourth-order valence-corrected chi connectivity index (χ4v) is 5.28. The number of amides is 1. The quantitative estimate of drug-likeness (QED) is 0.788. The van der Waals surface area contributed by atoms with Crippen molar-refractivity contribution in [2.45, 2.75) is 77.0 Å². The highest BCUT2D eigenvalue weighted by Gasteiger charge is 2.47. The molecule has 0 aromatic carbocycles. The molecule has 2 aliphatic rings. The number of carbonyl (C=O) groups is 1. The fraction of sp³-hybridized carbons (Fsp3) is 0.762. The summed E-state index contributed by atoms with van der Waals surface area (Å²) in [6, 6.07) is 4.02. The minimum atomic E-state index is -0.878. The third-order valence-electron chi connectivity index (χ3n) is 6.14. The molecule has 2 fully saturated rings. The van der Waals surface area contributed by atoms with Crippen molar-refractivity contribution < 1.29 is 9.90 Å². The van der Waals surface area contributed by atoms with Gasteiger partial charge in [0.25, 0.3) is 0 Å². The Morgan fingerprint density at radius 3 is 2.77 bits per heavy atom. The summed E-state index contributed by atoms with van der Waals surface area (Å²) in [5.41, 5.74) is -0.878. The van der Waals surface area contributed by atoms with Crippen molar-refractivity contribution >= 4 is 17.2 Å². The number of nitrogens with one attached hydrogen (secondary N) is 1. The molecule has 0 spiro atoms. The molecule has 1 aromatic heterocycles. The van der Waals surface area contributed by atoms with Gasteiger partial charge in [0.2, 0.25) is 5.91 Å². The van der Waals surface area contributed by atoms with Gasteiger partial charge in [0.05, 0.1) is 17.7 Å². The number of thiophene rings is 1. The van der Waals surface area contributed by atoms with Gasteiger partial charge in [-0.2, -0.15) is 0 Å². The molecule has 1 saturated heterocycles. The molecular formula is C21H34N2O2S. The number of piperidine rings is 1. The number of carbonyl (C=O) groups excluding carboxylic acids is 1. The van der Waals surface area contributed by atoms with E-state index >= 15 is 0 Å². The van der Waals surface area contributed by atoms with E-state index in [4.69, 9.17) is 0 Å². The van der Waals surface area contributed by atoms with Crippen molar-refractivity contribution in [3.05, 3.63) is 22.4 Å². The van der Waals surface area contributed by atoms with Crippen molar-refractivity contribution in [1.29, 1.82) is 0 Å². The van der Waals surface area contributed by atoms with Crippen molar-refractivity contribution in [1.82, 2.24) is 10.2 Å². The van der Waals surface area contributed by atoms with Crippen LogP contribution in [0, 0.1) is 11.8 Å². The van der Waals surface area contributed by atoms with Crippen LogP contribution in [0.2, 0.25) is 0 Å². The van der Waals surface area contributed by atoms with E-state index in [2.05, 4.69) is 41.6 Å². The maximum absolute atomic E-state index is 12.9. The van der Waals surface area contributed by atoms with E-state index in [1.165, 1.54) is 4.88 Å². The summed E-state index contributed by atoms with van der Waals surface area (Å²) in [6.45, 7) is 8.27. The Hall–Kier alpha value is -0.910. The van der Waals surface area contributed by atoms with Crippen molar-refractivity contribution in [2.75, 3.05) is 13.1 Å². The first-order valence-corrected chi connectivity index (χ1v) is 11.1. The third kappa shape index (κ3) is 4.49. The van der Waals surface area contributed by atoms with E-state index < -0.39 is 5.60 Å². The van der Waals surface area contributed by atoms with Crippen molar-refractivity contribution in [3.8, 4) is 0 Å². The summed E-state index contributed by atoms with van der Waals surface area (Å²) in [6.07, 6.45) is 6.10. The smallest absolute Gasteiger partial charge is 0.223 e. The maximum Gasteiger partial charge on any atom is 0.223 e. The van der Waals surface area contributed by atoms with Gasteiger partial charge in [0, 0.05) is 17.3 Å². The van der Waals surface area contributed by atoms with Gasteiger partial charge >= 0.3 is 0 Å². The molecule has 1 aliphatic heterocycles.